The van der Waals surface area contributed by atoms with Gasteiger partial charge < -0.3 is 9.84 Å². The third-order valence-electron chi connectivity index (χ3n) is 4.35. The van der Waals surface area contributed by atoms with Crippen molar-refractivity contribution in [1.29, 1.82) is 0 Å². The zero-order valence-electron chi connectivity index (χ0n) is 14.3. The predicted octanol–water partition coefficient (Wildman–Crippen LogP) is 5.65. The standard InChI is InChI=1S/C21H28O2/c1-4-6-17(15-18-7-10-19(22)11-8-18)9-12-21-20(13-14-23-21)16(3)5-2/h7-8,10-11,13,15,21-22H,3-6,9,12,14H2,1-2H3/b17-15+. The molecule has 0 spiro atoms. The van der Waals surface area contributed by atoms with Gasteiger partial charge >= 0.3 is 0 Å². The lowest BCUT2D eigenvalue weighted by Crippen LogP contribution is -2.11. The van der Waals surface area contributed by atoms with E-state index in [-0.39, 0.29) is 6.10 Å². The molecule has 0 bridgehead atoms. The Morgan fingerprint density at radius 3 is 2.65 bits per heavy atom. The fraction of sp³-hybridized carbons (Fsp3) is 0.429. The third-order valence-corrected chi connectivity index (χ3v) is 4.35. The van der Waals surface area contributed by atoms with Crippen LogP contribution in [-0.2, 0) is 4.74 Å². The van der Waals surface area contributed by atoms with Crippen LogP contribution in [0.5, 0.6) is 5.75 Å². The number of aromatic hydroxyl groups is 1. The van der Waals surface area contributed by atoms with Crippen molar-refractivity contribution in [3.8, 4) is 5.75 Å². The van der Waals surface area contributed by atoms with Crippen molar-refractivity contribution in [3.05, 3.63) is 59.2 Å². The van der Waals surface area contributed by atoms with E-state index in [0.717, 1.165) is 37.7 Å². The molecule has 0 amide bonds. The summed E-state index contributed by atoms with van der Waals surface area (Å²) in [5.74, 6) is 0.311. The first kappa shape index (κ1) is 17.6. The van der Waals surface area contributed by atoms with E-state index in [9.17, 15) is 5.11 Å². The normalized spacial score (nSPS) is 18.1. The Balaban J connectivity index is 2.01. The Morgan fingerprint density at radius 1 is 1.26 bits per heavy atom. The van der Waals surface area contributed by atoms with Crippen molar-refractivity contribution in [3.63, 3.8) is 0 Å². The summed E-state index contributed by atoms with van der Waals surface area (Å²) in [5, 5.41) is 9.39. The van der Waals surface area contributed by atoms with Gasteiger partial charge in [0.25, 0.3) is 0 Å². The van der Waals surface area contributed by atoms with E-state index < -0.39 is 0 Å². The van der Waals surface area contributed by atoms with Gasteiger partial charge in [-0.2, -0.15) is 0 Å². The highest BCUT2D eigenvalue weighted by molar-refractivity contribution is 5.54. The highest BCUT2D eigenvalue weighted by Crippen LogP contribution is 2.29. The summed E-state index contributed by atoms with van der Waals surface area (Å²) in [5.41, 5.74) is 5.09. The molecule has 1 aromatic rings. The molecule has 1 N–H and O–H groups in total. The average Bonchev–Trinajstić information content (AvgIpc) is 3.02. The average molecular weight is 312 g/mol. The van der Waals surface area contributed by atoms with Gasteiger partial charge in [0.1, 0.15) is 5.75 Å². The Labute approximate surface area is 140 Å². The summed E-state index contributed by atoms with van der Waals surface area (Å²) in [6.45, 7) is 9.22. The number of benzene rings is 1. The molecular formula is C21H28O2. The third kappa shape index (κ3) is 5.11. The Kier molecular flexibility index (Phi) is 6.66. The van der Waals surface area contributed by atoms with E-state index in [0.29, 0.717) is 12.4 Å². The molecule has 124 valence electrons. The van der Waals surface area contributed by atoms with Gasteiger partial charge in [-0.05, 0) is 54.5 Å². The van der Waals surface area contributed by atoms with Crippen LogP contribution in [0, 0.1) is 0 Å². The number of ether oxygens (including phenoxy) is 1. The van der Waals surface area contributed by atoms with Gasteiger partial charge in [0.05, 0.1) is 12.7 Å². The SMILES string of the molecule is C=C(CC)C1=CCOC1CC/C(=C/c1ccc(O)cc1)CCC. The number of phenolic OH excluding ortho intramolecular Hbond substituents is 1. The monoisotopic (exact) mass is 312 g/mol. The molecule has 2 rings (SSSR count). The second-order valence-corrected chi connectivity index (χ2v) is 6.12. The van der Waals surface area contributed by atoms with Crippen LogP contribution < -0.4 is 0 Å². The van der Waals surface area contributed by atoms with Crippen molar-refractivity contribution < 1.29 is 9.84 Å². The quantitative estimate of drug-likeness (QED) is 0.672. The molecular weight excluding hydrogens is 284 g/mol. The number of allylic oxidation sites excluding steroid dienone is 1. The molecule has 0 aliphatic carbocycles. The predicted molar refractivity (Wildman–Crippen MR) is 97.5 cm³/mol. The maximum atomic E-state index is 9.39. The second-order valence-electron chi connectivity index (χ2n) is 6.12. The molecule has 1 atom stereocenters. The smallest absolute Gasteiger partial charge is 0.115 e. The number of phenols is 1. The molecule has 0 saturated heterocycles. The lowest BCUT2D eigenvalue weighted by Gasteiger charge is -2.17. The van der Waals surface area contributed by atoms with Gasteiger partial charge in [0.2, 0.25) is 0 Å². The molecule has 0 aromatic heterocycles. The first-order valence-corrected chi connectivity index (χ1v) is 8.62. The summed E-state index contributed by atoms with van der Waals surface area (Å²) < 4.78 is 5.87. The molecule has 0 fully saturated rings. The van der Waals surface area contributed by atoms with Crippen LogP contribution in [0.15, 0.2) is 53.6 Å². The van der Waals surface area contributed by atoms with Gasteiger partial charge in [-0.3, -0.25) is 0 Å². The van der Waals surface area contributed by atoms with E-state index in [1.807, 2.05) is 12.1 Å². The highest BCUT2D eigenvalue weighted by atomic mass is 16.5. The van der Waals surface area contributed by atoms with E-state index in [1.165, 1.54) is 16.7 Å². The van der Waals surface area contributed by atoms with Gasteiger partial charge in [0, 0.05) is 0 Å². The highest BCUT2D eigenvalue weighted by Gasteiger charge is 2.21. The van der Waals surface area contributed by atoms with E-state index in [2.05, 4.69) is 32.6 Å². The lowest BCUT2D eigenvalue weighted by molar-refractivity contribution is 0.116. The van der Waals surface area contributed by atoms with Gasteiger partial charge in [-0.1, -0.05) is 56.7 Å². The van der Waals surface area contributed by atoms with E-state index >= 15 is 0 Å². The van der Waals surface area contributed by atoms with Crippen LogP contribution in [0.1, 0.15) is 51.5 Å². The molecule has 0 radical (unpaired) electrons. The largest absolute Gasteiger partial charge is 0.508 e. The fourth-order valence-corrected chi connectivity index (χ4v) is 3.00. The Morgan fingerprint density at radius 2 is 2.00 bits per heavy atom. The number of rotatable bonds is 8. The molecule has 23 heavy (non-hydrogen) atoms. The summed E-state index contributed by atoms with van der Waals surface area (Å²) in [6, 6.07) is 7.39. The van der Waals surface area contributed by atoms with Crippen LogP contribution in [0.4, 0.5) is 0 Å². The minimum atomic E-state index is 0.197. The minimum Gasteiger partial charge on any atom is -0.508 e. The van der Waals surface area contributed by atoms with Crippen molar-refractivity contribution in [2.45, 2.75) is 52.1 Å². The van der Waals surface area contributed by atoms with Gasteiger partial charge in [0.15, 0.2) is 0 Å². The first-order chi connectivity index (χ1) is 11.1. The van der Waals surface area contributed by atoms with E-state index in [1.54, 1.807) is 12.1 Å². The summed E-state index contributed by atoms with van der Waals surface area (Å²) in [7, 11) is 0. The second kappa shape index (κ2) is 8.73. The maximum Gasteiger partial charge on any atom is 0.115 e. The number of hydrogen-bond acceptors (Lipinski definition) is 2. The molecule has 1 aromatic carbocycles. The van der Waals surface area contributed by atoms with Crippen LogP contribution >= 0.6 is 0 Å². The van der Waals surface area contributed by atoms with E-state index in [4.69, 9.17) is 4.74 Å². The topological polar surface area (TPSA) is 29.5 Å². The van der Waals surface area contributed by atoms with Crippen LogP contribution in [0.25, 0.3) is 6.08 Å². The van der Waals surface area contributed by atoms with Crippen LogP contribution in [0.2, 0.25) is 0 Å². The molecule has 1 heterocycles. The zero-order chi connectivity index (χ0) is 16.7. The summed E-state index contributed by atoms with van der Waals surface area (Å²) in [4.78, 5) is 0. The molecule has 1 aliphatic rings. The first-order valence-electron chi connectivity index (χ1n) is 8.62. The maximum absolute atomic E-state index is 9.39. The Bertz CT molecular complexity index is 578. The summed E-state index contributed by atoms with van der Waals surface area (Å²) in [6.07, 6.45) is 9.89. The van der Waals surface area contributed by atoms with Gasteiger partial charge in [-0.15, -0.1) is 0 Å². The van der Waals surface area contributed by atoms with Crippen molar-refractivity contribution in [2.24, 2.45) is 0 Å². The lowest BCUT2D eigenvalue weighted by atomic mass is 9.94. The van der Waals surface area contributed by atoms with Crippen molar-refractivity contribution >= 4 is 6.08 Å². The zero-order valence-corrected chi connectivity index (χ0v) is 14.3. The van der Waals surface area contributed by atoms with Gasteiger partial charge in [-0.25, -0.2) is 0 Å². The molecule has 0 saturated carbocycles. The molecule has 2 nitrogen and oxygen atoms in total. The van der Waals surface area contributed by atoms with Crippen LogP contribution in [-0.4, -0.2) is 17.8 Å². The Hall–Kier alpha value is -1.80. The summed E-state index contributed by atoms with van der Waals surface area (Å²) >= 11 is 0. The number of hydrogen-bond donors (Lipinski definition) is 1. The fourth-order valence-electron chi connectivity index (χ4n) is 3.00. The van der Waals surface area contributed by atoms with Crippen molar-refractivity contribution in [2.75, 3.05) is 6.61 Å². The molecule has 1 unspecified atom stereocenters. The molecule has 2 heteroatoms. The minimum absolute atomic E-state index is 0.197. The van der Waals surface area contributed by atoms with Crippen molar-refractivity contribution in [1.82, 2.24) is 0 Å². The van der Waals surface area contributed by atoms with Crippen LogP contribution in [0.3, 0.4) is 0 Å². The molecule has 1 aliphatic heterocycles.